The first kappa shape index (κ1) is 15.9. The van der Waals surface area contributed by atoms with E-state index < -0.39 is 5.60 Å². The molecule has 2 aromatic rings. The molecule has 7 nitrogen and oxygen atoms in total. The molecule has 0 aliphatic carbocycles. The van der Waals surface area contributed by atoms with Crippen molar-refractivity contribution in [3.05, 3.63) is 30.0 Å². The lowest BCUT2D eigenvalue weighted by Gasteiger charge is -2.22. The SMILES string of the molecule is CC(C)c1nccc(N2CCC(O)(c3cn(C(C)C)nn3)C2)n1. The molecule has 1 atom stereocenters. The Morgan fingerprint density at radius 1 is 1.26 bits per heavy atom. The van der Waals surface area contributed by atoms with Crippen LogP contribution >= 0.6 is 0 Å². The van der Waals surface area contributed by atoms with Gasteiger partial charge in [0, 0.05) is 31.1 Å². The minimum Gasteiger partial charge on any atom is -0.381 e. The van der Waals surface area contributed by atoms with Crippen molar-refractivity contribution < 1.29 is 5.11 Å². The normalized spacial score (nSPS) is 21.6. The average Bonchev–Trinajstić information content (AvgIpc) is 3.15. The molecule has 124 valence electrons. The van der Waals surface area contributed by atoms with E-state index in [-0.39, 0.29) is 12.0 Å². The van der Waals surface area contributed by atoms with Crippen molar-refractivity contribution in [1.29, 1.82) is 0 Å². The lowest BCUT2D eigenvalue weighted by molar-refractivity contribution is 0.0559. The van der Waals surface area contributed by atoms with Crippen LogP contribution in [0.15, 0.2) is 18.5 Å². The number of hydrogen-bond donors (Lipinski definition) is 1. The number of hydrogen-bond acceptors (Lipinski definition) is 6. The van der Waals surface area contributed by atoms with Crippen LogP contribution in [0.1, 0.15) is 57.6 Å². The maximum absolute atomic E-state index is 11.0. The minimum atomic E-state index is -0.976. The molecule has 0 amide bonds. The van der Waals surface area contributed by atoms with Crippen LogP contribution in [0.25, 0.3) is 0 Å². The van der Waals surface area contributed by atoms with Gasteiger partial charge in [-0.2, -0.15) is 0 Å². The Bertz CT molecular complexity index is 683. The Hall–Kier alpha value is -2.02. The van der Waals surface area contributed by atoms with Crippen LogP contribution in [-0.2, 0) is 5.60 Å². The smallest absolute Gasteiger partial charge is 0.133 e. The Labute approximate surface area is 136 Å². The topological polar surface area (TPSA) is 80.0 Å². The molecule has 3 heterocycles. The summed E-state index contributed by atoms with van der Waals surface area (Å²) in [5.41, 5.74) is -0.345. The highest BCUT2D eigenvalue weighted by Gasteiger charge is 2.40. The number of aromatic nitrogens is 5. The fourth-order valence-corrected chi connectivity index (χ4v) is 2.76. The summed E-state index contributed by atoms with van der Waals surface area (Å²) in [5.74, 6) is 1.96. The summed E-state index contributed by atoms with van der Waals surface area (Å²) in [4.78, 5) is 11.0. The van der Waals surface area contributed by atoms with Gasteiger partial charge < -0.3 is 10.0 Å². The van der Waals surface area contributed by atoms with E-state index in [1.165, 1.54) is 0 Å². The molecule has 0 aromatic carbocycles. The molecule has 7 heteroatoms. The molecular weight excluding hydrogens is 292 g/mol. The largest absolute Gasteiger partial charge is 0.381 e. The van der Waals surface area contributed by atoms with Gasteiger partial charge in [0.05, 0.1) is 12.7 Å². The Kier molecular flexibility index (Phi) is 4.06. The van der Waals surface area contributed by atoms with Crippen molar-refractivity contribution in [2.45, 2.75) is 51.7 Å². The predicted octanol–water partition coefficient (Wildman–Crippen LogP) is 1.87. The molecule has 3 rings (SSSR count). The van der Waals surface area contributed by atoms with E-state index in [0.29, 0.717) is 18.7 Å². The zero-order valence-electron chi connectivity index (χ0n) is 14.1. The predicted molar refractivity (Wildman–Crippen MR) is 87.3 cm³/mol. The second-order valence-electron chi connectivity index (χ2n) is 6.81. The van der Waals surface area contributed by atoms with Crippen molar-refractivity contribution in [3.8, 4) is 0 Å². The second-order valence-corrected chi connectivity index (χ2v) is 6.81. The minimum absolute atomic E-state index is 0.229. The highest BCUT2D eigenvalue weighted by Crippen LogP contribution is 2.33. The van der Waals surface area contributed by atoms with E-state index in [1.54, 1.807) is 10.9 Å². The highest BCUT2D eigenvalue weighted by molar-refractivity contribution is 5.41. The van der Waals surface area contributed by atoms with Crippen molar-refractivity contribution in [1.82, 2.24) is 25.0 Å². The van der Waals surface area contributed by atoms with Gasteiger partial charge in [-0.15, -0.1) is 5.10 Å². The van der Waals surface area contributed by atoms with Crippen molar-refractivity contribution in [3.63, 3.8) is 0 Å². The molecule has 1 saturated heterocycles. The number of β-amino-alcohol motifs (C(OH)–C–C–N with tert-alkyl or cyclic N) is 1. The van der Waals surface area contributed by atoms with Gasteiger partial charge in [0.2, 0.25) is 0 Å². The lowest BCUT2D eigenvalue weighted by Crippen LogP contribution is -2.31. The van der Waals surface area contributed by atoms with Crippen molar-refractivity contribution in [2.24, 2.45) is 0 Å². The maximum Gasteiger partial charge on any atom is 0.133 e. The summed E-state index contributed by atoms with van der Waals surface area (Å²) in [6, 6.07) is 2.12. The number of aliphatic hydroxyl groups is 1. The Balaban J connectivity index is 1.80. The zero-order valence-corrected chi connectivity index (χ0v) is 14.1. The Morgan fingerprint density at radius 2 is 2.04 bits per heavy atom. The molecular formula is C16H24N6O. The van der Waals surface area contributed by atoms with Crippen LogP contribution in [0.2, 0.25) is 0 Å². The van der Waals surface area contributed by atoms with Gasteiger partial charge >= 0.3 is 0 Å². The zero-order chi connectivity index (χ0) is 16.6. The quantitative estimate of drug-likeness (QED) is 0.927. The van der Waals surface area contributed by atoms with Crippen LogP contribution in [0, 0.1) is 0 Å². The van der Waals surface area contributed by atoms with E-state index in [2.05, 4.69) is 39.0 Å². The first-order chi connectivity index (χ1) is 10.9. The monoisotopic (exact) mass is 316 g/mol. The van der Waals surface area contributed by atoms with Gasteiger partial charge in [0.15, 0.2) is 0 Å². The van der Waals surface area contributed by atoms with Crippen LogP contribution < -0.4 is 4.90 Å². The molecule has 1 aliphatic rings. The molecule has 1 aliphatic heterocycles. The fourth-order valence-electron chi connectivity index (χ4n) is 2.76. The number of rotatable bonds is 4. The van der Waals surface area contributed by atoms with E-state index in [0.717, 1.165) is 18.2 Å². The summed E-state index contributed by atoms with van der Waals surface area (Å²) in [7, 11) is 0. The van der Waals surface area contributed by atoms with Gasteiger partial charge in [0.1, 0.15) is 22.9 Å². The van der Waals surface area contributed by atoms with Crippen LogP contribution in [-0.4, -0.2) is 43.2 Å². The van der Waals surface area contributed by atoms with E-state index >= 15 is 0 Å². The third kappa shape index (κ3) is 3.06. The molecule has 1 unspecified atom stereocenters. The summed E-state index contributed by atoms with van der Waals surface area (Å²) >= 11 is 0. The van der Waals surface area contributed by atoms with E-state index in [9.17, 15) is 5.11 Å². The van der Waals surface area contributed by atoms with Gasteiger partial charge in [-0.05, 0) is 19.9 Å². The second kappa shape index (κ2) is 5.88. The van der Waals surface area contributed by atoms with E-state index in [1.807, 2.05) is 26.1 Å². The first-order valence-corrected chi connectivity index (χ1v) is 8.11. The Morgan fingerprint density at radius 3 is 2.70 bits per heavy atom. The van der Waals surface area contributed by atoms with Crippen LogP contribution in [0.5, 0.6) is 0 Å². The third-order valence-corrected chi connectivity index (χ3v) is 4.26. The average molecular weight is 316 g/mol. The molecule has 0 spiro atoms. The van der Waals surface area contributed by atoms with Gasteiger partial charge in [-0.3, -0.25) is 0 Å². The number of anilines is 1. The summed E-state index contributed by atoms with van der Waals surface area (Å²) < 4.78 is 1.78. The molecule has 0 radical (unpaired) electrons. The van der Waals surface area contributed by atoms with Crippen molar-refractivity contribution >= 4 is 5.82 Å². The fraction of sp³-hybridized carbons (Fsp3) is 0.625. The standard InChI is InChI=1S/C16H24N6O/c1-11(2)15-17-7-5-14(18-15)21-8-6-16(23,10-21)13-9-22(12(3)4)20-19-13/h5,7,9,11-12,23H,6,8,10H2,1-4H3. The molecule has 0 saturated carbocycles. The summed E-state index contributed by atoms with van der Waals surface area (Å²) in [6.45, 7) is 9.43. The summed E-state index contributed by atoms with van der Waals surface area (Å²) in [6.07, 6.45) is 4.24. The molecule has 2 aromatic heterocycles. The summed E-state index contributed by atoms with van der Waals surface area (Å²) in [5, 5.41) is 19.2. The maximum atomic E-state index is 11.0. The molecule has 1 fully saturated rings. The van der Waals surface area contributed by atoms with Crippen molar-refractivity contribution in [2.75, 3.05) is 18.0 Å². The van der Waals surface area contributed by atoms with E-state index in [4.69, 9.17) is 0 Å². The lowest BCUT2D eigenvalue weighted by atomic mass is 10.00. The van der Waals surface area contributed by atoms with Crippen LogP contribution in [0.4, 0.5) is 5.82 Å². The van der Waals surface area contributed by atoms with Gasteiger partial charge in [-0.25, -0.2) is 14.6 Å². The molecule has 1 N–H and O–H groups in total. The van der Waals surface area contributed by atoms with Gasteiger partial charge in [-0.1, -0.05) is 19.1 Å². The first-order valence-electron chi connectivity index (χ1n) is 8.11. The number of nitrogens with zero attached hydrogens (tertiary/aromatic N) is 6. The molecule has 23 heavy (non-hydrogen) atoms. The molecule has 0 bridgehead atoms. The highest BCUT2D eigenvalue weighted by atomic mass is 16.3. The van der Waals surface area contributed by atoms with Crippen LogP contribution in [0.3, 0.4) is 0 Å². The van der Waals surface area contributed by atoms with Gasteiger partial charge in [0.25, 0.3) is 0 Å². The third-order valence-electron chi connectivity index (χ3n) is 4.26.